The number of rotatable bonds is 3. The Kier molecular flexibility index (Phi) is 3.42. The first kappa shape index (κ1) is 10.4. The van der Waals surface area contributed by atoms with Crippen LogP contribution in [-0.2, 0) is 4.74 Å². The number of hydrogen-bond acceptors (Lipinski definition) is 3. The van der Waals surface area contributed by atoms with Gasteiger partial charge in [0.05, 0.1) is 12.2 Å². The van der Waals surface area contributed by atoms with Gasteiger partial charge in [-0.3, -0.25) is 0 Å². The lowest BCUT2D eigenvalue weighted by molar-refractivity contribution is 0.0379. The fourth-order valence-corrected chi connectivity index (χ4v) is 2.52. The first-order valence-corrected chi connectivity index (χ1v) is 5.75. The lowest BCUT2D eigenvalue weighted by Gasteiger charge is -2.37. The van der Waals surface area contributed by atoms with Crippen molar-refractivity contribution in [3.8, 4) is 0 Å². The van der Waals surface area contributed by atoms with Crippen LogP contribution in [0.25, 0.3) is 0 Å². The van der Waals surface area contributed by atoms with E-state index >= 15 is 0 Å². The van der Waals surface area contributed by atoms with Crippen molar-refractivity contribution >= 4 is 0 Å². The molecule has 0 aromatic heterocycles. The molecule has 2 aliphatic carbocycles. The van der Waals surface area contributed by atoms with Gasteiger partial charge < -0.3 is 15.2 Å². The number of ether oxygens (including phenoxy) is 1. The summed E-state index contributed by atoms with van der Waals surface area (Å²) in [4.78, 5) is 0. The van der Waals surface area contributed by atoms with Crippen LogP contribution in [0.2, 0.25) is 0 Å². The molecule has 2 fully saturated rings. The molecule has 2 aliphatic rings. The van der Waals surface area contributed by atoms with Crippen molar-refractivity contribution < 1.29 is 9.84 Å². The van der Waals surface area contributed by atoms with Gasteiger partial charge in [-0.05, 0) is 38.5 Å². The van der Waals surface area contributed by atoms with Crippen LogP contribution in [-0.4, -0.2) is 36.5 Å². The topological polar surface area (TPSA) is 41.5 Å². The third-order valence-corrected chi connectivity index (χ3v) is 3.59. The van der Waals surface area contributed by atoms with Crippen molar-refractivity contribution in [1.82, 2.24) is 5.32 Å². The zero-order chi connectivity index (χ0) is 9.97. The highest BCUT2D eigenvalue weighted by Gasteiger charge is 2.30. The van der Waals surface area contributed by atoms with Gasteiger partial charge in [-0.15, -0.1) is 0 Å². The monoisotopic (exact) mass is 199 g/mol. The smallest absolute Gasteiger partial charge is 0.0572 e. The second kappa shape index (κ2) is 4.60. The Morgan fingerprint density at radius 2 is 1.71 bits per heavy atom. The van der Waals surface area contributed by atoms with Crippen LogP contribution in [0.15, 0.2) is 0 Å². The molecule has 0 aromatic carbocycles. The zero-order valence-electron chi connectivity index (χ0n) is 8.91. The second-order valence-electron chi connectivity index (χ2n) is 4.70. The Morgan fingerprint density at radius 3 is 2.21 bits per heavy atom. The first-order chi connectivity index (χ1) is 6.78. The highest BCUT2D eigenvalue weighted by atomic mass is 16.5. The predicted molar refractivity (Wildman–Crippen MR) is 55.2 cm³/mol. The number of nitrogens with one attached hydrogen (secondary N) is 1. The van der Waals surface area contributed by atoms with Crippen molar-refractivity contribution in [2.45, 2.75) is 62.8 Å². The molecule has 3 heteroatoms. The van der Waals surface area contributed by atoms with E-state index in [1.54, 1.807) is 7.11 Å². The normalized spacial score (nSPS) is 43.3. The molecule has 2 rings (SSSR count). The van der Waals surface area contributed by atoms with E-state index in [1.807, 2.05) is 0 Å². The van der Waals surface area contributed by atoms with Gasteiger partial charge in [-0.1, -0.05) is 0 Å². The summed E-state index contributed by atoms with van der Waals surface area (Å²) in [5.74, 6) is 0. The van der Waals surface area contributed by atoms with E-state index < -0.39 is 0 Å². The third kappa shape index (κ3) is 2.47. The van der Waals surface area contributed by atoms with Crippen LogP contribution in [0.1, 0.15) is 38.5 Å². The highest BCUT2D eigenvalue weighted by molar-refractivity contribution is 4.88. The summed E-state index contributed by atoms with van der Waals surface area (Å²) >= 11 is 0. The zero-order valence-corrected chi connectivity index (χ0v) is 8.91. The lowest BCUT2D eigenvalue weighted by Crippen LogP contribution is -2.49. The molecule has 14 heavy (non-hydrogen) atoms. The van der Waals surface area contributed by atoms with Crippen molar-refractivity contribution in [1.29, 1.82) is 0 Å². The maximum absolute atomic E-state index is 9.17. The minimum absolute atomic E-state index is 0.0391. The summed E-state index contributed by atoms with van der Waals surface area (Å²) in [5, 5.41) is 12.8. The van der Waals surface area contributed by atoms with E-state index in [0.29, 0.717) is 18.2 Å². The van der Waals surface area contributed by atoms with Crippen LogP contribution >= 0.6 is 0 Å². The Labute approximate surface area is 85.8 Å². The van der Waals surface area contributed by atoms with Crippen LogP contribution in [0.5, 0.6) is 0 Å². The van der Waals surface area contributed by atoms with E-state index in [2.05, 4.69) is 5.32 Å². The standard InChI is InChI=1S/C11H21NO2/c1-14-11-4-2-8(3-5-11)12-9-6-10(13)7-9/h8-13H,2-7H2,1H3. The molecule has 0 unspecified atom stereocenters. The van der Waals surface area contributed by atoms with Crippen molar-refractivity contribution in [3.63, 3.8) is 0 Å². The Hall–Kier alpha value is -0.120. The molecule has 2 saturated carbocycles. The predicted octanol–water partition coefficient (Wildman–Crippen LogP) is 1.06. The van der Waals surface area contributed by atoms with Gasteiger partial charge in [0, 0.05) is 19.2 Å². The number of hydrogen-bond donors (Lipinski definition) is 2. The van der Waals surface area contributed by atoms with Gasteiger partial charge in [0.15, 0.2) is 0 Å². The summed E-state index contributed by atoms with van der Waals surface area (Å²) in [7, 11) is 1.81. The van der Waals surface area contributed by atoms with Gasteiger partial charge in [-0.2, -0.15) is 0 Å². The summed E-state index contributed by atoms with van der Waals surface area (Å²) in [6.45, 7) is 0. The van der Waals surface area contributed by atoms with Crippen LogP contribution < -0.4 is 5.32 Å². The fourth-order valence-electron chi connectivity index (χ4n) is 2.52. The van der Waals surface area contributed by atoms with Crippen molar-refractivity contribution in [2.75, 3.05) is 7.11 Å². The van der Waals surface area contributed by atoms with Gasteiger partial charge >= 0.3 is 0 Å². The summed E-state index contributed by atoms with van der Waals surface area (Å²) < 4.78 is 5.33. The summed E-state index contributed by atoms with van der Waals surface area (Å²) in [5.41, 5.74) is 0. The largest absolute Gasteiger partial charge is 0.393 e. The summed E-state index contributed by atoms with van der Waals surface area (Å²) in [6, 6.07) is 1.24. The SMILES string of the molecule is COC1CCC(NC2CC(O)C2)CC1. The van der Waals surface area contributed by atoms with Gasteiger partial charge in [0.1, 0.15) is 0 Å². The molecule has 0 saturated heterocycles. The van der Waals surface area contributed by atoms with Crippen molar-refractivity contribution in [2.24, 2.45) is 0 Å². The van der Waals surface area contributed by atoms with Gasteiger partial charge in [-0.25, -0.2) is 0 Å². The summed E-state index contributed by atoms with van der Waals surface area (Å²) in [6.07, 6.45) is 7.17. The minimum atomic E-state index is -0.0391. The van der Waals surface area contributed by atoms with Crippen LogP contribution in [0, 0.1) is 0 Å². The quantitative estimate of drug-likeness (QED) is 0.714. The Bertz CT molecular complexity index is 172. The maximum atomic E-state index is 9.17. The molecule has 0 atom stereocenters. The number of methoxy groups -OCH3 is 1. The van der Waals surface area contributed by atoms with Crippen LogP contribution in [0.3, 0.4) is 0 Å². The Morgan fingerprint density at radius 1 is 1.07 bits per heavy atom. The van der Waals surface area contributed by atoms with E-state index in [-0.39, 0.29) is 6.10 Å². The average molecular weight is 199 g/mol. The van der Waals surface area contributed by atoms with Gasteiger partial charge in [0.2, 0.25) is 0 Å². The average Bonchev–Trinajstić information content (AvgIpc) is 2.17. The molecular formula is C11H21NO2. The molecule has 0 bridgehead atoms. The molecule has 82 valence electrons. The lowest BCUT2D eigenvalue weighted by atomic mass is 9.86. The highest BCUT2D eigenvalue weighted by Crippen LogP contribution is 2.25. The van der Waals surface area contributed by atoms with E-state index in [4.69, 9.17) is 9.84 Å². The molecule has 3 nitrogen and oxygen atoms in total. The maximum Gasteiger partial charge on any atom is 0.0572 e. The third-order valence-electron chi connectivity index (χ3n) is 3.59. The molecule has 2 N–H and O–H groups in total. The Balaban J connectivity index is 1.64. The number of aliphatic hydroxyl groups excluding tert-OH is 1. The van der Waals surface area contributed by atoms with Gasteiger partial charge in [0.25, 0.3) is 0 Å². The van der Waals surface area contributed by atoms with E-state index in [0.717, 1.165) is 12.8 Å². The molecule has 0 spiro atoms. The molecular weight excluding hydrogens is 178 g/mol. The molecule has 0 aliphatic heterocycles. The van der Waals surface area contributed by atoms with Crippen LogP contribution in [0.4, 0.5) is 0 Å². The molecule has 0 aromatic rings. The first-order valence-electron chi connectivity index (χ1n) is 5.75. The molecule has 0 heterocycles. The van der Waals surface area contributed by atoms with E-state index in [9.17, 15) is 0 Å². The fraction of sp³-hybridized carbons (Fsp3) is 1.00. The molecule has 0 radical (unpaired) electrons. The number of aliphatic hydroxyl groups is 1. The minimum Gasteiger partial charge on any atom is -0.393 e. The van der Waals surface area contributed by atoms with Crippen molar-refractivity contribution in [3.05, 3.63) is 0 Å². The van der Waals surface area contributed by atoms with E-state index in [1.165, 1.54) is 25.7 Å². The molecule has 0 amide bonds. The second-order valence-corrected chi connectivity index (χ2v) is 4.70.